The molecule has 0 saturated carbocycles. The van der Waals surface area contributed by atoms with Crippen LogP contribution in [0.2, 0.25) is 0 Å². The molecule has 1 aliphatic heterocycles. The number of unbranched alkanes of at least 4 members (excludes halogenated alkanes) is 1. The van der Waals surface area contributed by atoms with E-state index in [1.54, 1.807) is 18.0 Å². The number of hydrogen-bond donors (Lipinski definition) is 0. The maximum atomic E-state index is 13.5. The summed E-state index contributed by atoms with van der Waals surface area (Å²) in [5, 5.41) is 5.49. The molecule has 0 radical (unpaired) electrons. The molecule has 0 bridgehead atoms. The fraction of sp³-hybridized carbons (Fsp3) is 0.600. The Bertz CT molecular complexity index is 595. The molecule has 1 aliphatic rings. The Kier molecular flexibility index (Phi) is 7.05. The third kappa shape index (κ3) is 5.30. The second kappa shape index (κ2) is 8.84. The lowest BCUT2D eigenvalue weighted by molar-refractivity contribution is -0.136. The summed E-state index contributed by atoms with van der Waals surface area (Å²) in [6, 6.07) is 8.53. The average Bonchev–Trinajstić information content (AvgIpc) is 2.58. The first kappa shape index (κ1) is 20.0. The first-order chi connectivity index (χ1) is 11.9. The van der Waals surface area contributed by atoms with E-state index in [9.17, 15) is 9.18 Å². The summed E-state index contributed by atoms with van der Waals surface area (Å²) in [7, 11) is 0. The van der Waals surface area contributed by atoms with Gasteiger partial charge < -0.3 is 0 Å². The molecule has 2 atom stereocenters. The largest absolute Gasteiger partial charge is 0.272 e. The summed E-state index contributed by atoms with van der Waals surface area (Å²) in [6.07, 6.45) is 3.62. The van der Waals surface area contributed by atoms with Crippen LogP contribution in [0.5, 0.6) is 0 Å². The van der Waals surface area contributed by atoms with Crippen LogP contribution < -0.4 is 0 Å². The molecule has 1 heterocycles. The third-order valence-electron chi connectivity index (χ3n) is 4.47. The minimum Gasteiger partial charge on any atom is -0.272 e. The molecule has 0 aromatic heterocycles. The molecule has 0 aliphatic carbocycles. The monoisotopic (exact) mass is 364 g/mol. The fourth-order valence-electron chi connectivity index (χ4n) is 2.72. The van der Waals surface area contributed by atoms with Crippen LogP contribution in [0.1, 0.15) is 51.7 Å². The van der Waals surface area contributed by atoms with Gasteiger partial charge in [0.05, 0.1) is 11.2 Å². The van der Waals surface area contributed by atoms with Crippen LogP contribution in [0, 0.1) is 5.92 Å². The van der Waals surface area contributed by atoms with E-state index < -0.39 is 12.6 Å². The van der Waals surface area contributed by atoms with Crippen molar-refractivity contribution in [2.75, 3.05) is 13.2 Å². The molecule has 2 rings (SSSR count). The zero-order chi connectivity index (χ0) is 18.4. The lowest BCUT2D eigenvalue weighted by Crippen LogP contribution is -2.43. The SMILES string of the molecule is CCCCN1N=CC(SCc2ccc(C(C)(C)C)cc2)C(CF)C1=O. The molecule has 0 spiro atoms. The molecule has 0 saturated heterocycles. The van der Waals surface area contributed by atoms with Gasteiger partial charge in [-0.05, 0) is 23.0 Å². The van der Waals surface area contributed by atoms with E-state index in [0.717, 1.165) is 18.6 Å². The smallest absolute Gasteiger partial charge is 0.249 e. The van der Waals surface area contributed by atoms with Crippen LogP contribution in [0.3, 0.4) is 0 Å². The molecule has 0 N–H and O–H groups in total. The zero-order valence-corrected chi connectivity index (χ0v) is 16.5. The van der Waals surface area contributed by atoms with Crippen molar-refractivity contribution in [3.05, 3.63) is 35.4 Å². The lowest BCUT2D eigenvalue weighted by atomic mass is 9.87. The molecular weight excluding hydrogens is 335 g/mol. The van der Waals surface area contributed by atoms with Gasteiger partial charge >= 0.3 is 0 Å². The van der Waals surface area contributed by atoms with Crippen LogP contribution in [0.15, 0.2) is 29.4 Å². The normalized spacial score (nSPS) is 21.0. The molecule has 25 heavy (non-hydrogen) atoms. The quantitative estimate of drug-likeness (QED) is 0.696. The number of benzene rings is 1. The molecule has 1 amide bonds. The van der Waals surface area contributed by atoms with Crippen molar-refractivity contribution in [2.45, 2.75) is 57.0 Å². The number of carbonyl (C=O) groups excluding carboxylic acids is 1. The van der Waals surface area contributed by atoms with Crippen molar-refractivity contribution in [3.63, 3.8) is 0 Å². The van der Waals surface area contributed by atoms with Gasteiger partial charge in [0, 0.05) is 18.5 Å². The summed E-state index contributed by atoms with van der Waals surface area (Å²) >= 11 is 1.59. The van der Waals surface area contributed by atoms with Gasteiger partial charge in [0.25, 0.3) is 0 Å². The van der Waals surface area contributed by atoms with E-state index in [2.05, 4.69) is 57.1 Å². The van der Waals surface area contributed by atoms with Gasteiger partial charge in [0.15, 0.2) is 0 Å². The van der Waals surface area contributed by atoms with Crippen LogP contribution in [0.25, 0.3) is 0 Å². The van der Waals surface area contributed by atoms with Crippen molar-refractivity contribution >= 4 is 23.9 Å². The number of halogens is 1. The number of carbonyl (C=O) groups is 1. The summed E-state index contributed by atoms with van der Waals surface area (Å²) in [5.41, 5.74) is 2.61. The predicted octanol–water partition coefficient (Wildman–Crippen LogP) is 4.80. The summed E-state index contributed by atoms with van der Waals surface area (Å²) in [5.74, 6) is -0.0490. The highest BCUT2D eigenvalue weighted by atomic mass is 32.2. The number of hydrazone groups is 1. The van der Waals surface area contributed by atoms with Gasteiger partial charge in [0.2, 0.25) is 5.91 Å². The molecule has 1 aromatic carbocycles. The Morgan fingerprint density at radius 2 is 1.92 bits per heavy atom. The molecular formula is C20H29FN2OS. The molecule has 138 valence electrons. The summed E-state index contributed by atoms with van der Waals surface area (Å²) in [4.78, 5) is 12.4. The Hall–Kier alpha value is -1.36. The summed E-state index contributed by atoms with van der Waals surface area (Å²) in [6.45, 7) is 8.58. The number of nitrogens with zero attached hydrogens (tertiary/aromatic N) is 2. The van der Waals surface area contributed by atoms with Gasteiger partial charge in [-0.25, -0.2) is 5.01 Å². The zero-order valence-electron chi connectivity index (χ0n) is 15.7. The topological polar surface area (TPSA) is 32.7 Å². The molecule has 5 heteroatoms. The van der Waals surface area contributed by atoms with E-state index in [-0.39, 0.29) is 16.6 Å². The van der Waals surface area contributed by atoms with Gasteiger partial charge in [-0.3, -0.25) is 9.18 Å². The predicted molar refractivity (Wildman–Crippen MR) is 105 cm³/mol. The molecule has 0 fully saturated rings. The lowest BCUT2D eigenvalue weighted by Gasteiger charge is -2.30. The number of hydrogen-bond acceptors (Lipinski definition) is 3. The Balaban J connectivity index is 1.98. The molecule has 2 unspecified atom stereocenters. The number of rotatable bonds is 7. The van der Waals surface area contributed by atoms with Crippen molar-refractivity contribution in [2.24, 2.45) is 11.0 Å². The van der Waals surface area contributed by atoms with Gasteiger partial charge in [0.1, 0.15) is 6.67 Å². The van der Waals surface area contributed by atoms with E-state index in [4.69, 9.17) is 0 Å². The second-order valence-corrected chi connectivity index (χ2v) is 8.73. The minimum atomic E-state index is -0.631. The Morgan fingerprint density at radius 3 is 2.48 bits per heavy atom. The first-order valence-electron chi connectivity index (χ1n) is 8.99. The van der Waals surface area contributed by atoms with E-state index in [1.807, 2.05) is 0 Å². The van der Waals surface area contributed by atoms with E-state index >= 15 is 0 Å². The minimum absolute atomic E-state index is 0.134. The van der Waals surface area contributed by atoms with Crippen LogP contribution in [-0.4, -0.2) is 35.6 Å². The highest BCUT2D eigenvalue weighted by Crippen LogP contribution is 2.29. The van der Waals surface area contributed by atoms with E-state index in [1.165, 1.54) is 16.1 Å². The maximum absolute atomic E-state index is 13.5. The number of thioether (sulfide) groups is 1. The molecule has 1 aromatic rings. The fourth-order valence-corrected chi connectivity index (χ4v) is 3.86. The van der Waals surface area contributed by atoms with Crippen LogP contribution in [0.4, 0.5) is 4.39 Å². The highest BCUT2D eigenvalue weighted by molar-refractivity contribution is 7.99. The third-order valence-corrected chi connectivity index (χ3v) is 5.81. The standard InChI is InChI=1S/C20H29FN2OS/c1-5-6-11-23-19(24)17(12-21)18(13-22-23)25-14-15-7-9-16(10-8-15)20(2,3)4/h7-10,13,17-18H,5-6,11-12,14H2,1-4H3. The maximum Gasteiger partial charge on any atom is 0.249 e. The van der Waals surface area contributed by atoms with Gasteiger partial charge in [-0.15, -0.1) is 11.8 Å². The Morgan fingerprint density at radius 1 is 1.24 bits per heavy atom. The summed E-state index contributed by atoms with van der Waals surface area (Å²) < 4.78 is 13.5. The number of alkyl halides is 1. The van der Waals surface area contributed by atoms with E-state index in [0.29, 0.717) is 6.54 Å². The number of amides is 1. The Labute approximate surface area is 155 Å². The van der Waals surface area contributed by atoms with Crippen molar-refractivity contribution < 1.29 is 9.18 Å². The van der Waals surface area contributed by atoms with Crippen molar-refractivity contribution in [1.82, 2.24) is 5.01 Å². The van der Waals surface area contributed by atoms with Crippen LogP contribution in [-0.2, 0) is 16.0 Å². The van der Waals surface area contributed by atoms with Gasteiger partial charge in [-0.1, -0.05) is 58.4 Å². The first-order valence-corrected chi connectivity index (χ1v) is 10.0. The van der Waals surface area contributed by atoms with Gasteiger partial charge in [-0.2, -0.15) is 5.10 Å². The van der Waals surface area contributed by atoms with Crippen LogP contribution >= 0.6 is 11.8 Å². The second-order valence-electron chi connectivity index (χ2n) is 7.56. The van der Waals surface area contributed by atoms with Crippen molar-refractivity contribution in [3.8, 4) is 0 Å². The highest BCUT2D eigenvalue weighted by Gasteiger charge is 2.34. The molecule has 3 nitrogen and oxygen atoms in total. The van der Waals surface area contributed by atoms with Crippen molar-refractivity contribution in [1.29, 1.82) is 0 Å². The average molecular weight is 365 g/mol.